The highest BCUT2D eigenvalue weighted by Gasteiger charge is 1.96. The van der Waals surface area contributed by atoms with Gasteiger partial charge >= 0.3 is 0 Å². The number of halogens is 1. The van der Waals surface area contributed by atoms with Gasteiger partial charge in [-0.1, -0.05) is 24.3 Å². The van der Waals surface area contributed by atoms with Crippen molar-refractivity contribution in [3.05, 3.63) is 36.7 Å². The van der Waals surface area contributed by atoms with Crippen LogP contribution in [-0.4, -0.2) is 17.2 Å². The van der Waals surface area contributed by atoms with Crippen LogP contribution in [0.3, 0.4) is 0 Å². The van der Waals surface area contributed by atoms with Crippen molar-refractivity contribution >= 4 is 22.4 Å². The molecule has 1 heterocycles. The number of hydrogen-bond donors (Lipinski definition) is 0. The van der Waals surface area contributed by atoms with Crippen LogP contribution in [0.1, 0.15) is 6.42 Å². The number of benzene rings is 1. The number of nitrogens with zero attached hydrogens (tertiary/aromatic N) is 1. The lowest BCUT2D eigenvalue weighted by Crippen LogP contribution is -2.10. The van der Waals surface area contributed by atoms with Crippen molar-refractivity contribution in [2.45, 2.75) is 6.42 Å². The van der Waals surface area contributed by atoms with Crippen LogP contribution >= 0.6 is 11.6 Å². The third-order valence-corrected chi connectivity index (χ3v) is 2.31. The molecule has 2 nitrogen and oxygen atoms in total. The van der Waals surface area contributed by atoms with Gasteiger partial charge in [0.2, 0.25) is 0 Å². The summed E-state index contributed by atoms with van der Waals surface area (Å²) >= 11 is 5.56. The smallest absolute Gasteiger partial charge is 0.116 e. The van der Waals surface area contributed by atoms with E-state index in [1.54, 1.807) is 4.73 Å². The van der Waals surface area contributed by atoms with Gasteiger partial charge in [-0.15, -0.1) is 11.6 Å². The molecule has 1 aromatic heterocycles. The minimum Gasteiger partial charge on any atom is -0.414 e. The van der Waals surface area contributed by atoms with Gasteiger partial charge in [0.05, 0.1) is 12.4 Å². The highest BCUT2D eigenvalue weighted by Crippen LogP contribution is 2.13. The summed E-state index contributed by atoms with van der Waals surface area (Å²) in [4.78, 5) is 5.46. The first kappa shape index (κ1) is 9.41. The van der Waals surface area contributed by atoms with E-state index in [1.807, 2.05) is 24.5 Å². The van der Waals surface area contributed by atoms with Crippen LogP contribution in [0.15, 0.2) is 36.7 Å². The monoisotopic (exact) mass is 209 g/mol. The van der Waals surface area contributed by atoms with Crippen LogP contribution in [0.2, 0.25) is 0 Å². The number of aromatic nitrogens is 1. The second-order valence-corrected chi connectivity index (χ2v) is 3.50. The lowest BCUT2D eigenvalue weighted by molar-refractivity contribution is 0.113. The van der Waals surface area contributed by atoms with Gasteiger partial charge in [-0.05, 0) is 6.42 Å². The molecule has 1 aromatic carbocycles. The Morgan fingerprint density at radius 2 is 1.79 bits per heavy atom. The molecule has 0 N–H and O–H groups in total. The molecule has 0 spiro atoms. The van der Waals surface area contributed by atoms with E-state index < -0.39 is 0 Å². The topological polar surface area (TPSA) is 14.2 Å². The highest BCUT2D eigenvalue weighted by molar-refractivity contribution is 6.17. The molecule has 0 fully saturated rings. The zero-order chi connectivity index (χ0) is 9.80. The van der Waals surface area contributed by atoms with E-state index in [1.165, 1.54) is 10.8 Å². The number of rotatable bonds is 4. The Morgan fingerprint density at radius 3 is 2.36 bits per heavy atom. The van der Waals surface area contributed by atoms with Crippen LogP contribution < -0.4 is 4.84 Å². The average molecular weight is 210 g/mol. The van der Waals surface area contributed by atoms with Crippen molar-refractivity contribution in [2.24, 2.45) is 0 Å². The SMILES string of the molecule is ClCCCOn1cc2ccccc2c1. The predicted octanol–water partition coefficient (Wildman–Crippen LogP) is 2.70. The van der Waals surface area contributed by atoms with Crippen molar-refractivity contribution in [1.82, 2.24) is 4.73 Å². The Labute approximate surface area is 88.0 Å². The molecule has 14 heavy (non-hydrogen) atoms. The van der Waals surface area contributed by atoms with Gasteiger partial charge in [-0.25, -0.2) is 0 Å². The van der Waals surface area contributed by atoms with Gasteiger partial charge in [0.1, 0.15) is 6.61 Å². The minimum atomic E-state index is 0.640. The summed E-state index contributed by atoms with van der Waals surface area (Å²) < 4.78 is 1.75. The average Bonchev–Trinajstić information content (AvgIpc) is 2.60. The van der Waals surface area contributed by atoms with E-state index in [-0.39, 0.29) is 0 Å². The molecule has 2 aromatic rings. The van der Waals surface area contributed by atoms with Crippen LogP contribution in [0, 0.1) is 0 Å². The zero-order valence-electron chi connectivity index (χ0n) is 7.82. The molecule has 3 heteroatoms. The fraction of sp³-hybridized carbons (Fsp3) is 0.273. The molecular weight excluding hydrogens is 198 g/mol. The first-order valence-corrected chi connectivity index (χ1v) is 5.19. The van der Waals surface area contributed by atoms with Crippen molar-refractivity contribution in [1.29, 1.82) is 0 Å². The molecule has 0 amide bonds. The van der Waals surface area contributed by atoms with Gasteiger partial charge in [0.15, 0.2) is 0 Å². The van der Waals surface area contributed by atoms with Crippen LogP contribution in [0.5, 0.6) is 0 Å². The third-order valence-electron chi connectivity index (χ3n) is 2.05. The van der Waals surface area contributed by atoms with Gasteiger partial charge in [0, 0.05) is 16.7 Å². The standard InChI is InChI=1S/C11H12ClNO/c12-6-3-7-14-13-8-10-4-1-2-5-11(10)9-13/h1-2,4-5,8-9H,3,6-7H2. The van der Waals surface area contributed by atoms with E-state index in [2.05, 4.69) is 12.1 Å². The Hall–Kier alpha value is -1.15. The maximum Gasteiger partial charge on any atom is 0.116 e. The predicted molar refractivity (Wildman–Crippen MR) is 58.7 cm³/mol. The van der Waals surface area contributed by atoms with Crippen LogP contribution in [0.4, 0.5) is 0 Å². The summed E-state index contributed by atoms with van der Waals surface area (Å²) in [5.41, 5.74) is 0. The number of hydrogen-bond acceptors (Lipinski definition) is 1. The number of alkyl halides is 1. The quantitative estimate of drug-likeness (QED) is 0.558. The summed E-state index contributed by atoms with van der Waals surface area (Å²) in [5.74, 6) is 0.640. The largest absolute Gasteiger partial charge is 0.414 e. The summed E-state index contributed by atoms with van der Waals surface area (Å²) in [6.07, 6.45) is 4.82. The number of fused-ring (bicyclic) bond motifs is 1. The second-order valence-electron chi connectivity index (χ2n) is 3.12. The summed E-state index contributed by atoms with van der Waals surface area (Å²) in [6.45, 7) is 0.657. The molecule has 2 rings (SSSR count). The van der Waals surface area contributed by atoms with Gasteiger partial charge in [0.25, 0.3) is 0 Å². The molecule has 0 aliphatic carbocycles. The second kappa shape index (κ2) is 4.38. The first-order chi connectivity index (χ1) is 6.90. The molecule has 74 valence electrons. The van der Waals surface area contributed by atoms with Gasteiger partial charge in [-0.2, -0.15) is 4.73 Å². The molecule has 0 atom stereocenters. The lowest BCUT2D eigenvalue weighted by atomic mass is 10.2. The van der Waals surface area contributed by atoms with Crippen molar-refractivity contribution in [3.8, 4) is 0 Å². The Morgan fingerprint density at radius 1 is 1.14 bits per heavy atom. The van der Waals surface area contributed by atoms with E-state index in [0.717, 1.165) is 6.42 Å². The highest BCUT2D eigenvalue weighted by atomic mass is 35.5. The minimum absolute atomic E-state index is 0.640. The molecule has 0 aliphatic rings. The van der Waals surface area contributed by atoms with Crippen molar-refractivity contribution < 1.29 is 4.84 Å². The van der Waals surface area contributed by atoms with Crippen molar-refractivity contribution in [2.75, 3.05) is 12.5 Å². The fourth-order valence-corrected chi connectivity index (χ4v) is 1.47. The van der Waals surface area contributed by atoms with Crippen LogP contribution in [-0.2, 0) is 0 Å². The first-order valence-electron chi connectivity index (χ1n) is 4.66. The summed E-state index contributed by atoms with van der Waals surface area (Å²) in [5, 5.41) is 2.39. The normalized spacial score (nSPS) is 10.6. The molecule has 0 bridgehead atoms. The van der Waals surface area contributed by atoms with E-state index in [9.17, 15) is 0 Å². The third kappa shape index (κ3) is 2.02. The fourth-order valence-electron chi connectivity index (χ4n) is 1.36. The van der Waals surface area contributed by atoms with Gasteiger partial charge in [-0.3, -0.25) is 0 Å². The van der Waals surface area contributed by atoms with E-state index in [0.29, 0.717) is 12.5 Å². The molecule has 0 saturated carbocycles. The molecule has 0 aliphatic heterocycles. The van der Waals surface area contributed by atoms with Crippen molar-refractivity contribution in [3.63, 3.8) is 0 Å². The lowest BCUT2D eigenvalue weighted by Gasteiger charge is -2.03. The molecule has 0 radical (unpaired) electrons. The summed E-state index contributed by atoms with van der Waals surface area (Å²) in [6, 6.07) is 8.17. The maximum absolute atomic E-state index is 5.56. The molecular formula is C11H12ClNO. The summed E-state index contributed by atoms with van der Waals surface area (Å²) in [7, 11) is 0. The van der Waals surface area contributed by atoms with Gasteiger partial charge < -0.3 is 4.84 Å². The Kier molecular flexibility index (Phi) is 2.94. The van der Waals surface area contributed by atoms with Crippen LogP contribution in [0.25, 0.3) is 10.8 Å². The van der Waals surface area contributed by atoms with E-state index in [4.69, 9.17) is 16.4 Å². The Bertz CT molecular complexity index is 377. The maximum atomic E-state index is 5.56. The Balaban J connectivity index is 2.11. The molecule has 0 unspecified atom stereocenters. The van der Waals surface area contributed by atoms with E-state index >= 15 is 0 Å². The zero-order valence-corrected chi connectivity index (χ0v) is 8.57. The molecule has 0 saturated heterocycles.